The van der Waals surface area contributed by atoms with Crippen LogP contribution in [0, 0.1) is 0 Å². The molecule has 0 aliphatic carbocycles. The van der Waals surface area contributed by atoms with Crippen LogP contribution in [-0.2, 0) is 28.0 Å². The van der Waals surface area contributed by atoms with E-state index in [1.807, 2.05) is 24.3 Å². The van der Waals surface area contributed by atoms with Crippen molar-refractivity contribution in [3.8, 4) is 5.75 Å². The van der Waals surface area contributed by atoms with Gasteiger partial charge < -0.3 is 9.84 Å². The smallest absolute Gasteiger partial charge is 0.342 e. The summed E-state index contributed by atoms with van der Waals surface area (Å²) in [6.07, 6.45) is 1.71. The summed E-state index contributed by atoms with van der Waals surface area (Å²) in [5.41, 5.74) is 5.85. The van der Waals surface area contributed by atoms with Gasteiger partial charge in [-0.3, -0.25) is 0 Å². The van der Waals surface area contributed by atoms with Gasteiger partial charge in [-0.05, 0) is 56.9 Å². The lowest BCUT2D eigenvalue weighted by atomic mass is 9.87. The number of ether oxygens (including phenoxy) is 1. The molecule has 0 fully saturated rings. The van der Waals surface area contributed by atoms with Crippen LogP contribution in [0.15, 0.2) is 77.7 Å². The molecule has 0 aromatic heterocycles. The Kier molecular flexibility index (Phi) is 8.50. The Hall–Kier alpha value is -2.98. The molecule has 3 rings (SSSR count). The second-order valence-corrected chi connectivity index (χ2v) is 11.9. The highest BCUT2D eigenvalue weighted by atomic mass is 32.2. The second-order valence-electron chi connectivity index (χ2n) is 10.9. The van der Waals surface area contributed by atoms with E-state index in [1.165, 1.54) is 22.9 Å². The third-order valence-electron chi connectivity index (χ3n) is 5.83. The minimum Gasteiger partial charge on any atom is -0.489 e. The molecular weight excluding hydrogens is 452 g/mol. The van der Waals surface area contributed by atoms with Crippen molar-refractivity contribution in [3.63, 3.8) is 0 Å². The molecule has 0 heterocycles. The molecule has 0 atom stereocenters. The van der Waals surface area contributed by atoms with E-state index in [2.05, 4.69) is 90.1 Å². The fraction of sp³-hybridized carbons (Fsp3) is 0.323. The highest BCUT2D eigenvalue weighted by molar-refractivity contribution is 8.03. The van der Waals surface area contributed by atoms with Crippen LogP contribution in [-0.4, -0.2) is 11.1 Å². The average Bonchev–Trinajstić information content (AvgIpc) is 2.80. The summed E-state index contributed by atoms with van der Waals surface area (Å²) in [4.78, 5) is 12.1. The molecule has 3 aromatic carbocycles. The van der Waals surface area contributed by atoms with Gasteiger partial charge >= 0.3 is 5.97 Å². The predicted octanol–water partition coefficient (Wildman–Crippen LogP) is 8.22. The lowest BCUT2D eigenvalue weighted by Crippen LogP contribution is -2.10. The Morgan fingerprint density at radius 1 is 0.771 bits per heavy atom. The molecule has 0 radical (unpaired) electrons. The summed E-state index contributed by atoms with van der Waals surface area (Å²) in [6, 6.07) is 24.4. The first-order chi connectivity index (χ1) is 16.4. The molecule has 184 valence electrons. The van der Waals surface area contributed by atoms with E-state index >= 15 is 0 Å². The van der Waals surface area contributed by atoms with Gasteiger partial charge in [-0.25, -0.2) is 4.79 Å². The molecule has 0 aliphatic heterocycles. The zero-order chi connectivity index (χ0) is 25.6. The van der Waals surface area contributed by atoms with E-state index in [0.29, 0.717) is 17.3 Å². The Morgan fingerprint density at radius 2 is 1.26 bits per heavy atom. The number of carboxylic acid groups (broad SMARTS) is 1. The van der Waals surface area contributed by atoms with Gasteiger partial charge in [-0.15, -0.1) is 11.8 Å². The van der Waals surface area contributed by atoms with Gasteiger partial charge in [0.25, 0.3) is 0 Å². The molecule has 0 bridgehead atoms. The van der Waals surface area contributed by atoms with Crippen molar-refractivity contribution in [2.45, 2.75) is 64.7 Å². The van der Waals surface area contributed by atoms with Crippen molar-refractivity contribution in [1.29, 1.82) is 0 Å². The molecule has 0 saturated carbocycles. The Balaban J connectivity index is 1.59. The van der Waals surface area contributed by atoms with Gasteiger partial charge in [0.15, 0.2) is 0 Å². The predicted molar refractivity (Wildman–Crippen MR) is 148 cm³/mol. The van der Waals surface area contributed by atoms with E-state index in [-0.39, 0.29) is 10.8 Å². The molecule has 0 spiro atoms. The maximum absolute atomic E-state index is 11.8. The third kappa shape index (κ3) is 8.03. The number of hydrogen-bond acceptors (Lipinski definition) is 3. The van der Waals surface area contributed by atoms with Crippen molar-refractivity contribution < 1.29 is 14.6 Å². The van der Waals surface area contributed by atoms with Crippen LogP contribution in [0.3, 0.4) is 0 Å². The summed E-state index contributed by atoms with van der Waals surface area (Å²) in [6.45, 7) is 13.6. The fourth-order valence-corrected chi connectivity index (χ4v) is 4.36. The zero-order valence-electron chi connectivity index (χ0n) is 21.6. The van der Waals surface area contributed by atoms with Crippen LogP contribution < -0.4 is 4.74 Å². The van der Waals surface area contributed by atoms with Crippen LogP contribution in [0.5, 0.6) is 5.75 Å². The topological polar surface area (TPSA) is 46.5 Å². The summed E-state index contributed by atoms with van der Waals surface area (Å²) >= 11 is 1.34. The van der Waals surface area contributed by atoms with Gasteiger partial charge in [0.1, 0.15) is 12.4 Å². The van der Waals surface area contributed by atoms with Gasteiger partial charge in [0, 0.05) is 5.75 Å². The van der Waals surface area contributed by atoms with Crippen LogP contribution >= 0.6 is 11.8 Å². The standard InChI is InChI=1S/C31H36O3S/c1-30(2,3)25-13-7-23(8-14-25)20-34-27-17-11-22(12-18-27)19-28(29(32)33)35-21-24-9-15-26(16-10-24)31(4,5)6/h7-19H,20-21H2,1-6H3,(H,32,33)/b28-19+. The Bertz CT molecular complexity index is 1140. The SMILES string of the molecule is CC(C)(C)c1ccc(COc2ccc(/C=C(/SCc3ccc(C(C)(C)C)cc3)C(=O)O)cc2)cc1. The highest BCUT2D eigenvalue weighted by Crippen LogP contribution is 2.28. The van der Waals surface area contributed by atoms with Crippen LogP contribution in [0.2, 0.25) is 0 Å². The first-order valence-electron chi connectivity index (χ1n) is 11.9. The number of carboxylic acids is 1. The number of thioether (sulfide) groups is 1. The molecule has 1 N–H and O–H groups in total. The van der Waals surface area contributed by atoms with E-state index in [4.69, 9.17) is 4.74 Å². The number of hydrogen-bond donors (Lipinski definition) is 1. The van der Waals surface area contributed by atoms with Crippen LogP contribution in [0.1, 0.15) is 69.4 Å². The maximum Gasteiger partial charge on any atom is 0.342 e. The van der Waals surface area contributed by atoms with E-state index < -0.39 is 5.97 Å². The molecule has 0 unspecified atom stereocenters. The van der Waals surface area contributed by atoms with Gasteiger partial charge in [0.2, 0.25) is 0 Å². The Labute approximate surface area is 214 Å². The monoisotopic (exact) mass is 488 g/mol. The molecule has 4 heteroatoms. The molecule has 0 saturated heterocycles. The van der Waals surface area contributed by atoms with E-state index in [0.717, 1.165) is 22.4 Å². The van der Waals surface area contributed by atoms with Crippen molar-refractivity contribution in [1.82, 2.24) is 0 Å². The first-order valence-corrected chi connectivity index (χ1v) is 12.9. The Morgan fingerprint density at radius 3 is 1.71 bits per heavy atom. The fourth-order valence-electron chi connectivity index (χ4n) is 3.51. The quantitative estimate of drug-likeness (QED) is 0.324. The number of carbonyl (C=O) groups is 1. The van der Waals surface area contributed by atoms with Crippen molar-refractivity contribution in [3.05, 3.63) is 106 Å². The zero-order valence-corrected chi connectivity index (χ0v) is 22.4. The van der Waals surface area contributed by atoms with E-state index in [1.54, 1.807) is 6.08 Å². The van der Waals surface area contributed by atoms with E-state index in [9.17, 15) is 9.90 Å². The number of aliphatic carboxylic acids is 1. The summed E-state index contributed by atoms with van der Waals surface area (Å²) in [5, 5.41) is 9.68. The molecule has 3 aromatic rings. The summed E-state index contributed by atoms with van der Waals surface area (Å²) in [5.74, 6) is 0.448. The lowest BCUT2D eigenvalue weighted by Gasteiger charge is -2.19. The van der Waals surface area contributed by atoms with Crippen molar-refractivity contribution >= 4 is 23.8 Å². The highest BCUT2D eigenvalue weighted by Gasteiger charge is 2.14. The summed E-state index contributed by atoms with van der Waals surface area (Å²) < 4.78 is 5.92. The molecule has 0 aliphatic rings. The van der Waals surface area contributed by atoms with Crippen LogP contribution in [0.4, 0.5) is 0 Å². The van der Waals surface area contributed by atoms with Crippen molar-refractivity contribution in [2.75, 3.05) is 0 Å². The molecule has 0 amide bonds. The molecular formula is C31H36O3S. The van der Waals surface area contributed by atoms with Crippen LogP contribution in [0.25, 0.3) is 6.08 Å². The number of benzene rings is 3. The first kappa shape index (κ1) is 26.6. The lowest BCUT2D eigenvalue weighted by molar-refractivity contribution is -0.131. The minimum atomic E-state index is -0.916. The van der Waals surface area contributed by atoms with Crippen molar-refractivity contribution in [2.24, 2.45) is 0 Å². The summed E-state index contributed by atoms with van der Waals surface area (Å²) in [7, 11) is 0. The van der Waals surface area contributed by atoms with Gasteiger partial charge in [-0.2, -0.15) is 0 Å². The number of rotatable bonds is 8. The normalized spacial score (nSPS) is 12.5. The average molecular weight is 489 g/mol. The van der Waals surface area contributed by atoms with Gasteiger partial charge in [0.05, 0.1) is 4.91 Å². The molecule has 35 heavy (non-hydrogen) atoms. The molecule has 3 nitrogen and oxygen atoms in total. The van der Waals surface area contributed by atoms with Gasteiger partial charge in [-0.1, -0.05) is 102 Å². The second kappa shape index (κ2) is 11.2. The maximum atomic E-state index is 11.8. The largest absolute Gasteiger partial charge is 0.489 e. The third-order valence-corrected chi connectivity index (χ3v) is 6.91. The minimum absolute atomic E-state index is 0.102.